The molecule has 0 saturated carbocycles. The van der Waals surface area contributed by atoms with Crippen molar-refractivity contribution in [2.45, 2.75) is 31.8 Å². The van der Waals surface area contributed by atoms with Gasteiger partial charge in [-0.2, -0.15) is 8.78 Å². The van der Waals surface area contributed by atoms with Gasteiger partial charge in [-0.05, 0) is 55.9 Å². The van der Waals surface area contributed by atoms with Crippen molar-refractivity contribution in [3.05, 3.63) is 71.8 Å². The van der Waals surface area contributed by atoms with E-state index in [0.29, 0.717) is 11.8 Å². The molecule has 1 unspecified atom stereocenters. The fourth-order valence-electron chi connectivity index (χ4n) is 4.66. The average molecular weight is 569 g/mol. The molecule has 12 heteroatoms. The summed E-state index contributed by atoms with van der Waals surface area (Å²) in [6.45, 7) is 2.74. The van der Waals surface area contributed by atoms with Gasteiger partial charge in [0.2, 0.25) is 0 Å². The van der Waals surface area contributed by atoms with Gasteiger partial charge in [-0.25, -0.2) is 9.37 Å². The SMILES string of the molecule is [B]C(O)(O)N(C)C(CC)c1nc2cc(F)c(-c3ccc(P(C)C)cc3)cc2n1-c1c(C=O)cccc1OC(F)F. The number of aromatic nitrogens is 2. The van der Waals surface area contributed by atoms with Crippen LogP contribution < -0.4 is 10.0 Å². The Hall–Kier alpha value is -3.24. The molecule has 3 aromatic carbocycles. The summed E-state index contributed by atoms with van der Waals surface area (Å²) in [6, 6.07) is 13.4. The number of halogens is 3. The van der Waals surface area contributed by atoms with Gasteiger partial charge >= 0.3 is 6.61 Å². The molecule has 2 N–H and O–H groups in total. The lowest BCUT2D eigenvalue weighted by Crippen LogP contribution is -2.49. The number of aldehydes is 1. The van der Waals surface area contributed by atoms with E-state index >= 15 is 4.39 Å². The zero-order chi connectivity index (χ0) is 29.4. The van der Waals surface area contributed by atoms with Crippen molar-refractivity contribution in [3.8, 4) is 22.6 Å². The third-order valence-corrected chi connectivity index (χ3v) is 8.06. The quantitative estimate of drug-likeness (QED) is 0.124. The molecule has 4 rings (SSSR count). The van der Waals surface area contributed by atoms with Crippen LogP contribution in [0, 0.1) is 5.82 Å². The molecule has 0 aliphatic rings. The summed E-state index contributed by atoms with van der Waals surface area (Å²) in [5.74, 6) is -3.56. The molecule has 1 aromatic heterocycles. The summed E-state index contributed by atoms with van der Waals surface area (Å²) in [7, 11) is 6.52. The standard InChI is InChI=1S/C28H28BF3N3O4P/c1-5-22(34(2)28(29,37)38)26-33-21-14-20(30)19(16-9-11-18(12-10-16)40(3)4)13-23(21)35(26)25-17(15-36)7-6-8-24(25)39-27(31)32/h6-15,22,27,37-38H,5H2,1-4H3. The Morgan fingerprint density at radius 1 is 1.18 bits per heavy atom. The van der Waals surface area contributed by atoms with Crippen LogP contribution in [-0.4, -0.2) is 71.6 Å². The molecule has 40 heavy (non-hydrogen) atoms. The van der Waals surface area contributed by atoms with E-state index in [1.54, 1.807) is 19.1 Å². The molecule has 1 atom stereocenters. The second kappa shape index (κ2) is 11.7. The Bertz CT molecular complexity index is 1520. The van der Waals surface area contributed by atoms with Gasteiger partial charge in [0.05, 0.1) is 17.1 Å². The molecule has 0 aliphatic carbocycles. The number of hydrogen-bond acceptors (Lipinski definition) is 6. The predicted molar refractivity (Wildman–Crippen MR) is 151 cm³/mol. The highest BCUT2D eigenvalue weighted by molar-refractivity contribution is 7.64. The highest BCUT2D eigenvalue weighted by Crippen LogP contribution is 2.39. The van der Waals surface area contributed by atoms with Gasteiger partial charge in [0, 0.05) is 17.2 Å². The monoisotopic (exact) mass is 569 g/mol. The van der Waals surface area contributed by atoms with Gasteiger partial charge in [0.15, 0.2) is 25.7 Å². The average Bonchev–Trinajstić information content (AvgIpc) is 3.24. The Labute approximate surface area is 232 Å². The molecule has 4 aromatic rings. The minimum absolute atomic E-state index is 0.00214. The lowest BCUT2D eigenvalue weighted by atomic mass is 9.99. The van der Waals surface area contributed by atoms with Crippen LogP contribution in [0.15, 0.2) is 54.6 Å². The van der Waals surface area contributed by atoms with Crippen molar-refractivity contribution >= 4 is 38.4 Å². The van der Waals surface area contributed by atoms with Gasteiger partial charge in [-0.15, -0.1) is 0 Å². The fourth-order valence-corrected chi connectivity index (χ4v) is 5.40. The number of nitrogens with zero attached hydrogens (tertiary/aromatic N) is 3. The number of ether oxygens (including phenoxy) is 1. The number of alkyl halides is 2. The second-order valence-corrected chi connectivity index (χ2v) is 11.8. The Kier molecular flexibility index (Phi) is 8.70. The summed E-state index contributed by atoms with van der Waals surface area (Å²) in [5, 5.41) is 21.4. The number of fused-ring (bicyclic) bond motifs is 1. The van der Waals surface area contributed by atoms with Crippen LogP contribution in [0.2, 0.25) is 0 Å². The maximum Gasteiger partial charge on any atom is 0.387 e. The normalized spacial score (nSPS) is 13.0. The first-order valence-corrected chi connectivity index (χ1v) is 14.6. The maximum atomic E-state index is 15.5. The lowest BCUT2D eigenvalue weighted by molar-refractivity contribution is -0.203. The summed E-state index contributed by atoms with van der Waals surface area (Å²) >= 11 is 0. The molecule has 0 fully saturated rings. The van der Waals surface area contributed by atoms with Crippen molar-refractivity contribution in [2.24, 2.45) is 0 Å². The Morgan fingerprint density at radius 3 is 2.40 bits per heavy atom. The summed E-state index contributed by atoms with van der Waals surface area (Å²) in [5.41, 5.74) is 1.17. The number of hydrogen-bond donors (Lipinski definition) is 2. The first-order valence-electron chi connectivity index (χ1n) is 12.4. The Balaban J connectivity index is 2.09. The zero-order valence-corrected chi connectivity index (χ0v) is 23.2. The van der Waals surface area contributed by atoms with E-state index in [0.717, 1.165) is 10.2 Å². The minimum atomic E-state index is -3.20. The van der Waals surface area contributed by atoms with Crippen LogP contribution in [0.4, 0.5) is 13.2 Å². The number of imidazole rings is 1. The lowest BCUT2D eigenvalue weighted by Gasteiger charge is -2.36. The van der Waals surface area contributed by atoms with Crippen LogP contribution in [0.5, 0.6) is 5.75 Å². The Morgan fingerprint density at radius 2 is 1.85 bits per heavy atom. The van der Waals surface area contributed by atoms with E-state index in [-0.39, 0.29) is 53.8 Å². The van der Waals surface area contributed by atoms with Gasteiger partial charge < -0.3 is 14.9 Å². The molecule has 0 spiro atoms. The summed E-state index contributed by atoms with van der Waals surface area (Å²) in [6.07, 6.45) is 0.706. The number of carbonyl (C=O) groups excluding carboxylic acids is 1. The van der Waals surface area contributed by atoms with Gasteiger partial charge in [-0.3, -0.25) is 14.3 Å². The van der Waals surface area contributed by atoms with E-state index in [4.69, 9.17) is 12.6 Å². The zero-order valence-electron chi connectivity index (χ0n) is 22.3. The fraction of sp³-hybridized carbons (Fsp3) is 0.286. The third-order valence-electron chi connectivity index (χ3n) is 6.73. The van der Waals surface area contributed by atoms with Crippen LogP contribution in [-0.2, 0) is 0 Å². The van der Waals surface area contributed by atoms with Crippen molar-refractivity contribution in [3.63, 3.8) is 0 Å². The molecular formula is C28H28BF3N3O4P. The molecule has 7 nitrogen and oxygen atoms in total. The van der Waals surface area contributed by atoms with Crippen molar-refractivity contribution in [1.82, 2.24) is 14.5 Å². The predicted octanol–water partition coefficient (Wildman–Crippen LogP) is 4.76. The van der Waals surface area contributed by atoms with E-state index in [1.807, 2.05) is 12.1 Å². The van der Waals surface area contributed by atoms with E-state index in [2.05, 4.69) is 18.3 Å². The third kappa shape index (κ3) is 5.79. The van der Waals surface area contributed by atoms with E-state index < -0.39 is 24.3 Å². The van der Waals surface area contributed by atoms with E-state index in [1.165, 1.54) is 41.9 Å². The number of para-hydroxylation sites is 1. The van der Waals surface area contributed by atoms with Crippen molar-refractivity contribution in [1.29, 1.82) is 0 Å². The number of aliphatic hydroxyl groups is 2. The molecule has 2 radical (unpaired) electrons. The first kappa shape index (κ1) is 29.7. The first-order chi connectivity index (χ1) is 18.9. The van der Waals surface area contributed by atoms with Crippen LogP contribution in [0.25, 0.3) is 27.8 Å². The molecule has 208 valence electrons. The molecule has 0 aliphatic heterocycles. The molecule has 1 heterocycles. The maximum absolute atomic E-state index is 15.5. The molecule has 0 saturated heterocycles. The van der Waals surface area contributed by atoms with Crippen molar-refractivity contribution in [2.75, 3.05) is 20.4 Å². The minimum Gasteiger partial charge on any atom is -0.433 e. The topological polar surface area (TPSA) is 87.8 Å². The highest BCUT2D eigenvalue weighted by atomic mass is 31.1. The number of benzene rings is 3. The van der Waals surface area contributed by atoms with Crippen LogP contribution in [0.3, 0.4) is 0 Å². The molecule has 0 amide bonds. The largest absolute Gasteiger partial charge is 0.433 e. The van der Waals surface area contributed by atoms with Gasteiger partial charge in [-0.1, -0.05) is 45.2 Å². The number of rotatable bonds is 10. The van der Waals surface area contributed by atoms with Crippen LogP contribution in [0.1, 0.15) is 35.6 Å². The van der Waals surface area contributed by atoms with Crippen molar-refractivity contribution < 1.29 is 32.9 Å². The smallest absolute Gasteiger partial charge is 0.387 e. The second-order valence-electron chi connectivity index (χ2n) is 9.48. The number of carbonyl (C=O) groups is 1. The van der Waals surface area contributed by atoms with Gasteiger partial charge in [0.1, 0.15) is 17.3 Å². The highest BCUT2D eigenvalue weighted by Gasteiger charge is 2.34. The molecule has 0 bridgehead atoms. The summed E-state index contributed by atoms with van der Waals surface area (Å²) in [4.78, 5) is 17.7. The van der Waals surface area contributed by atoms with E-state index in [9.17, 15) is 23.8 Å². The summed E-state index contributed by atoms with van der Waals surface area (Å²) < 4.78 is 48.6. The van der Waals surface area contributed by atoms with Crippen LogP contribution >= 0.6 is 7.92 Å². The van der Waals surface area contributed by atoms with Gasteiger partial charge in [0.25, 0.3) is 0 Å². The molecular weight excluding hydrogens is 541 g/mol.